The van der Waals surface area contributed by atoms with E-state index in [1.165, 1.54) is 6.07 Å². The number of hydrogen-bond acceptors (Lipinski definition) is 3. The number of rotatable bonds is 6. The van der Waals surface area contributed by atoms with Gasteiger partial charge in [0.1, 0.15) is 5.76 Å². The lowest BCUT2D eigenvalue weighted by Crippen LogP contribution is -2.14. The smallest absolute Gasteiger partial charge is 0.271 e. The van der Waals surface area contributed by atoms with Crippen molar-refractivity contribution >= 4 is 28.4 Å². The summed E-state index contributed by atoms with van der Waals surface area (Å²) < 4.78 is 32.0. The van der Waals surface area contributed by atoms with Crippen LogP contribution in [0.3, 0.4) is 0 Å². The quantitative estimate of drug-likeness (QED) is 0.484. The normalized spacial score (nSPS) is 11.3. The molecule has 3 N–H and O–H groups in total. The molecule has 0 bridgehead atoms. The number of nitrogens with one attached hydrogen (secondary N) is 1. The number of halogens is 3. The molecule has 0 saturated heterocycles. The maximum Gasteiger partial charge on any atom is 0.271 e. The zero-order valence-corrected chi connectivity index (χ0v) is 15.9. The van der Waals surface area contributed by atoms with Crippen molar-refractivity contribution in [2.24, 2.45) is 5.73 Å². The van der Waals surface area contributed by atoms with Crippen LogP contribution in [0.1, 0.15) is 32.9 Å². The monoisotopic (exact) mass is 415 g/mol. The van der Waals surface area contributed by atoms with E-state index in [0.29, 0.717) is 34.8 Å². The van der Waals surface area contributed by atoms with Crippen molar-refractivity contribution < 1.29 is 18.1 Å². The van der Waals surface area contributed by atoms with Crippen molar-refractivity contribution in [2.45, 2.75) is 19.3 Å². The number of fused-ring (bicyclic) bond motifs is 1. The van der Waals surface area contributed by atoms with Gasteiger partial charge in [-0.05, 0) is 54.3 Å². The zero-order valence-electron chi connectivity index (χ0n) is 15.1. The molecule has 0 aliphatic rings. The number of amides is 1. The number of primary amides is 1. The number of benzene rings is 2. The Bertz CT molecular complexity index is 1220. The number of H-pyrrole nitrogens is 1. The Morgan fingerprint density at radius 1 is 1.14 bits per heavy atom. The Morgan fingerprint density at radius 2 is 1.97 bits per heavy atom. The third-order valence-corrected chi connectivity index (χ3v) is 5.06. The number of nitrogens with zero attached hydrogens (tertiary/aromatic N) is 1. The summed E-state index contributed by atoms with van der Waals surface area (Å²) in [6, 6.07) is 9.15. The number of hydrogen-bond donors (Lipinski definition) is 2. The lowest BCUT2D eigenvalue weighted by Gasteiger charge is -2.04. The van der Waals surface area contributed by atoms with Gasteiger partial charge in [-0.15, -0.1) is 0 Å². The highest BCUT2D eigenvalue weighted by atomic mass is 35.5. The van der Waals surface area contributed by atoms with Crippen LogP contribution >= 0.6 is 11.6 Å². The van der Waals surface area contributed by atoms with Crippen molar-refractivity contribution in [3.63, 3.8) is 0 Å². The van der Waals surface area contributed by atoms with Gasteiger partial charge in [-0.2, -0.15) is 0 Å². The van der Waals surface area contributed by atoms with Gasteiger partial charge >= 0.3 is 0 Å². The Hall–Kier alpha value is -3.19. The van der Waals surface area contributed by atoms with E-state index in [4.69, 9.17) is 21.9 Å². The lowest BCUT2D eigenvalue weighted by atomic mass is 9.99. The van der Waals surface area contributed by atoms with Crippen LogP contribution in [0.2, 0.25) is 5.02 Å². The van der Waals surface area contributed by atoms with E-state index in [-0.39, 0.29) is 12.1 Å². The molecule has 29 heavy (non-hydrogen) atoms. The first-order valence-corrected chi connectivity index (χ1v) is 9.27. The predicted molar refractivity (Wildman–Crippen MR) is 105 cm³/mol. The molecule has 0 spiro atoms. The molecule has 4 rings (SSSR count). The van der Waals surface area contributed by atoms with Crippen LogP contribution in [0.15, 0.2) is 47.1 Å². The SMILES string of the molecule is NC(=O)c1noc(Cc2ccc(F)c(F)c2)c1CCc1c[nH]c2ccc(Cl)cc12. The molecule has 0 fully saturated rings. The van der Waals surface area contributed by atoms with Crippen LogP contribution in [0.5, 0.6) is 0 Å². The van der Waals surface area contributed by atoms with Crippen LogP contribution in [0.4, 0.5) is 8.78 Å². The fourth-order valence-corrected chi connectivity index (χ4v) is 3.56. The van der Waals surface area contributed by atoms with Crippen LogP contribution < -0.4 is 5.73 Å². The number of nitrogens with two attached hydrogens (primary N) is 1. The minimum absolute atomic E-state index is 0.0421. The average molecular weight is 416 g/mol. The summed E-state index contributed by atoms with van der Waals surface area (Å²) in [5.41, 5.74) is 8.49. The summed E-state index contributed by atoms with van der Waals surface area (Å²) in [4.78, 5) is 15.0. The third-order valence-electron chi connectivity index (χ3n) is 4.83. The molecule has 5 nitrogen and oxygen atoms in total. The summed E-state index contributed by atoms with van der Waals surface area (Å²) in [7, 11) is 0. The van der Waals surface area contributed by atoms with Crippen LogP contribution in [0.25, 0.3) is 10.9 Å². The summed E-state index contributed by atoms with van der Waals surface area (Å²) in [6.45, 7) is 0. The number of aryl methyl sites for hydroxylation is 1. The van der Waals surface area contributed by atoms with Gasteiger partial charge in [-0.3, -0.25) is 4.79 Å². The fraction of sp³-hybridized carbons (Fsp3) is 0.143. The highest BCUT2D eigenvalue weighted by molar-refractivity contribution is 6.31. The molecule has 8 heteroatoms. The highest BCUT2D eigenvalue weighted by Crippen LogP contribution is 2.26. The maximum atomic E-state index is 13.5. The van der Waals surface area contributed by atoms with Crippen molar-refractivity contribution in [1.82, 2.24) is 10.1 Å². The van der Waals surface area contributed by atoms with Gasteiger partial charge < -0.3 is 15.2 Å². The van der Waals surface area contributed by atoms with E-state index < -0.39 is 17.5 Å². The lowest BCUT2D eigenvalue weighted by molar-refractivity contribution is 0.0991. The highest BCUT2D eigenvalue weighted by Gasteiger charge is 2.21. The first kappa shape index (κ1) is 19.1. The first-order valence-electron chi connectivity index (χ1n) is 8.89. The van der Waals surface area contributed by atoms with Gasteiger partial charge in [-0.25, -0.2) is 8.78 Å². The summed E-state index contributed by atoms with van der Waals surface area (Å²) in [6.07, 6.45) is 3.05. The largest absolute Gasteiger partial charge is 0.364 e. The molecule has 0 unspecified atom stereocenters. The van der Waals surface area contributed by atoms with E-state index in [1.54, 1.807) is 6.07 Å². The minimum atomic E-state index is -0.950. The number of aromatic nitrogens is 2. The number of carbonyl (C=O) groups is 1. The van der Waals surface area contributed by atoms with E-state index in [0.717, 1.165) is 28.6 Å². The molecule has 4 aromatic rings. The van der Waals surface area contributed by atoms with E-state index >= 15 is 0 Å². The standard InChI is InChI=1S/C21H16ClF2N3O2/c22-13-3-6-18-15(9-13)12(10-26-18)2-4-14-19(29-27-20(14)21(25)28)8-11-1-5-16(23)17(24)7-11/h1,3,5-7,9-10,26H,2,4,8H2,(H2,25,28). The van der Waals surface area contributed by atoms with E-state index in [9.17, 15) is 13.6 Å². The van der Waals surface area contributed by atoms with Gasteiger partial charge in [0.2, 0.25) is 0 Å². The summed E-state index contributed by atoms with van der Waals surface area (Å²) in [5, 5.41) is 5.39. The molecule has 1 amide bonds. The second-order valence-electron chi connectivity index (χ2n) is 6.73. The molecule has 0 aliphatic carbocycles. The second-order valence-corrected chi connectivity index (χ2v) is 7.16. The van der Waals surface area contributed by atoms with Crippen LogP contribution in [-0.2, 0) is 19.3 Å². The molecule has 0 aliphatic heterocycles. The van der Waals surface area contributed by atoms with Gasteiger partial charge in [-0.1, -0.05) is 22.8 Å². The molecule has 0 radical (unpaired) electrons. The van der Waals surface area contributed by atoms with Crippen molar-refractivity contribution in [1.29, 1.82) is 0 Å². The fourth-order valence-electron chi connectivity index (χ4n) is 3.39. The van der Waals surface area contributed by atoms with Crippen molar-refractivity contribution in [3.8, 4) is 0 Å². The Kier molecular flexibility index (Phi) is 5.07. The minimum Gasteiger partial charge on any atom is -0.364 e. The van der Waals surface area contributed by atoms with E-state index in [2.05, 4.69) is 10.1 Å². The molecule has 2 aromatic carbocycles. The van der Waals surface area contributed by atoms with Crippen LogP contribution in [-0.4, -0.2) is 16.0 Å². The third kappa shape index (κ3) is 3.86. The summed E-state index contributed by atoms with van der Waals surface area (Å²) in [5.74, 6) is -2.19. The predicted octanol–water partition coefficient (Wildman–Crippen LogP) is 4.56. The summed E-state index contributed by atoms with van der Waals surface area (Å²) >= 11 is 6.10. The molecule has 148 valence electrons. The Labute approximate surface area is 169 Å². The Balaban J connectivity index is 1.63. The number of aromatic amines is 1. The second kappa shape index (κ2) is 7.67. The molecule has 2 aromatic heterocycles. The van der Waals surface area contributed by atoms with E-state index in [1.807, 2.05) is 18.3 Å². The first-order chi connectivity index (χ1) is 13.9. The maximum absolute atomic E-state index is 13.5. The van der Waals surface area contributed by atoms with Crippen LogP contribution in [0, 0.1) is 11.6 Å². The molecular formula is C21H16ClF2N3O2. The zero-order chi connectivity index (χ0) is 20.5. The molecule has 0 atom stereocenters. The molecule has 2 heterocycles. The van der Waals surface area contributed by atoms with Crippen molar-refractivity contribution in [3.05, 3.63) is 87.4 Å². The molecular weight excluding hydrogens is 400 g/mol. The average Bonchev–Trinajstić information content (AvgIpc) is 3.26. The van der Waals surface area contributed by atoms with Gasteiger partial charge in [0.05, 0.1) is 0 Å². The topological polar surface area (TPSA) is 84.9 Å². The van der Waals surface area contributed by atoms with Crippen molar-refractivity contribution in [2.75, 3.05) is 0 Å². The van der Waals surface area contributed by atoms with Gasteiger partial charge in [0.25, 0.3) is 5.91 Å². The van der Waals surface area contributed by atoms with Gasteiger partial charge in [0.15, 0.2) is 17.3 Å². The number of carbonyl (C=O) groups excluding carboxylic acids is 1. The Morgan fingerprint density at radius 3 is 2.72 bits per heavy atom. The van der Waals surface area contributed by atoms with Gasteiger partial charge in [0, 0.05) is 34.1 Å². The molecule has 0 saturated carbocycles.